The highest BCUT2D eigenvalue weighted by Crippen LogP contribution is 2.32. The lowest BCUT2D eigenvalue weighted by atomic mass is 9.89. The first-order valence-electron chi connectivity index (χ1n) is 7.09. The number of aliphatic hydroxyl groups excluding tert-OH is 1. The zero-order chi connectivity index (χ0) is 13.9. The normalized spacial score (nSPS) is 28.5. The van der Waals surface area contributed by atoms with Crippen LogP contribution < -0.4 is 0 Å². The van der Waals surface area contributed by atoms with Gasteiger partial charge in [-0.1, -0.05) is 12.2 Å². The van der Waals surface area contributed by atoms with Gasteiger partial charge in [0.15, 0.2) is 6.10 Å². The zero-order valence-electron chi connectivity index (χ0n) is 11.1. The Hall–Kier alpha value is -0.550. The fraction of sp³-hybridized carbons (Fsp3) is 0.857. The van der Waals surface area contributed by atoms with Crippen molar-refractivity contribution in [1.29, 1.82) is 0 Å². The molecule has 2 unspecified atom stereocenters. The number of alkyl halides is 3. The van der Waals surface area contributed by atoms with Gasteiger partial charge in [0, 0.05) is 6.54 Å². The highest BCUT2D eigenvalue weighted by molar-refractivity contribution is 4.91. The summed E-state index contributed by atoms with van der Waals surface area (Å²) in [5, 5.41) is 9.27. The average molecular weight is 277 g/mol. The van der Waals surface area contributed by atoms with Crippen LogP contribution >= 0.6 is 0 Å². The van der Waals surface area contributed by atoms with Crippen LogP contribution in [0.15, 0.2) is 12.2 Å². The zero-order valence-corrected chi connectivity index (χ0v) is 11.1. The first-order valence-corrected chi connectivity index (χ1v) is 7.09. The van der Waals surface area contributed by atoms with Crippen molar-refractivity contribution in [2.45, 2.75) is 44.4 Å². The first kappa shape index (κ1) is 14.9. The number of hydrogen-bond donors (Lipinski definition) is 1. The molecule has 0 radical (unpaired) electrons. The molecule has 0 aromatic rings. The summed E-state index contributed by atoms with van der Waals surface area (Å²) in [6, 6.07) is 0. The summed E-state index contributed by atoms with van der Waals surface area (Å²) in [4.78, 5) is 2.25. The van der Waals surface area contributed by atoms with Crippen molar-refractivity contribution in [3.8, 4) is 0 Å². The number of halogens is 3. The molecule has 1 fully saturated rings. The van der Waals surface area contributed by atoms with Crippen molar-refractivity contribution in [2.75, 3.05) is 19.6 Å². The van der Waals surface area contributed by atoms with E-state index in [0.29, 0.717) is 31.8 Å². The molecule has 0 spiro atoms. The Labute approximate surface area is 112 Å². The van der Waals surface area contributed by atoms with Crippen molar-refractivity contribution < 1.29 is 18.3 Å². The highest BCUT2D eigenvalue weighted by atomic mass is 19.4. The maximum absolute atomic E-state index is 12.4. The van der Waals surface area contributed by atoms with E-state index in [9.17, 15) is 18.3 Å². The van der Waals surface area contributed by atoms with Gasteiger partial charge in [-0.2, -0.15) is 13.2 Å². The van der Waals surface area contributed by atoms with Crippen LogP contribution in [-0.2, 0) is 0 Å². The Morgan fingerprint density at radius 2 is 1.84 bits per heavy atom. The fourth-order valence-electron chi connectivity index (χ4n) is 3.11. The fourth-order valence-corrected chi connectivity index (χ4v) is 3.11. The van der Waals surface area contributed by atoms with Crippen LogP contribution in [0.25, 0.3) is 0 Å². The Morgan fingerprint density at radius 3 is 2.37 bits per heavy atom. The third kappa shape index (κ3) is 4.21. The van der Waals surface area contributed by atoms with E-state index in [1.807, 2.05) is 0 Å². The van der Waals surface area contributed by atoms with Gasteiger partial charge in [0.25, 0.3) is 0 Å². The summed E-state index contributed by atoms with van der Waals surface area (Å²) in [6.07, 6.45) is 2.07. The van der Waals surface area contributed by atoms with Crippen molar-refractivity contribution in [3.63, 3.8) is 0 Å². The van der Waals surface area contributed by atoms with Crippen molar-refractivity contribution in [3.05, 3.63) is 12.2 Å². The third-order valence-electron chi connectivity index (χ3n) is 4.31. The molecule has 110 valence electrons. The minimum absolute atomic E-state index is 0.448. The topological polar surface area (TPSA) is 23.5 Å². The Morgan fingerprint density at radius 1 is 1.16 bits per heavy atom. The van der Waals surface area contributed by atoms with Gasteiger partial charge >= 0.3 is 6.18 Å². The smallest absolute Gasteiger partial charge is 0.383 e. The average Bonchev–Trinajstić information content (AvgIpc) is 2.39. The number of allylic oxidation sites excluding steroid dienone is 2. The molecule has 0 aromatic heterocycles. The van der Waals surface area contributed by atoms with Gasteiger partial charge < -0.3 is 10.0 Å². The lowest BCUT2D eigenvalue weighted by Crippen LogP contribution is -2.44. The molecule has 0 bridgehead atoms. The molecule has 2 atom stereocenters. The van der Waals surface area contributed by atoms with Crippen LogP contribution in [0.4, 0.5) is 13.2 Å². The van der Waals surface area contributed by atoms with E-state index in [-0.39, 0.29) is 0 Å². The predicted octanol–water partition coefficient (Wildman–Crippen LogP) is 2.98. The molecule has 2 nitrogen and oxygen atoms in total. The SMILES string of the molecule is OC(C1CCN(CC2CC=CCC2)CC1)C(F)(F)F. The van der Waals surface area contributed by atoms with Gasteiger partial charge in [-0.05, 0) is 57.0 Å². The summed E-state index contributed by atoms with van der Waals surface area (Å²) in [6.45, 7) is 2.34. The van der Waals surface area contributed by atoms with Crippen LogP contribution in [0, 0.1) is 11.8 Å². The van der Waals surface area contributed by atoms with Gasteiger partial charge in [-0.25, -0.2) is 0 Å². The Bertz CT molecular complexity index is 308. The van der Waals surface area contributed by atoms with E-state index in [1.54, 1.807) is 0 Å². The maximum atomic E-state index is 12.4. The van der Waals surface area contributed by atoms with Gasteiger partial charge in [0.1, 0.15) is 0 Å². The van der Waals surface area contributed by atoms with Crippen LogP contribution in [0.5, 0.6) is 0 Å². The second kappa shape index (κ2) is 6.27. The van der Waals surface area contributed by atoms with Gasteiger partial charge in [0.2, 0.25) is 0 Å². The molecule has 0 aromatic carbocycles. The minimum atomic E-state index is -4.47. The molecule has 2 aliphatic rings. The largest absolute Gasteiger partial charge is 0.414 e. The quantitative estimate of drug-likeness (QED) is 0.802. The molecule has 1 aliphatic heterocycles. The number of nitrogens with zero attached hydrogens (tertiary/aromatic N) is 1. The van der Waals surface area contributed by atoms with E-state index in [4.69, 9.17) is 0 Å². The summed E-state index contributed by atoms with van der Waals surface area (Å²) in [5.41, 5.74) is 0. The number of rotatable bonds is 3. The molecule has 1 heterocycles. The second-order valence-electron chi connectivity index (χ2n) is 5.77. The Kier molecular flexibility index (Phi) is 4.90. The summed E-state index contributed by atoms with van der Waals surface area (Å²) in [5.74, 6) is 0.0246. The summed E-state index contributed by atoms with van der Waals surface area (Å²) < 4.78 is 37.3. The van der Waals surface area contributed by atoms with E-state index in [2.05, 4.69) is 17.1 Å². The Balaban J connectivity index is 1.74. The molecule has 1 aliphatic carbocycles. The van der Waals surface area contributed by atoms with Crippen LogP contribution in [0.3, 0.4) is 0 Å². The molecular weight excluding hydrogens is 255 g/mol. The van der Waals surface area contributed by atoms with Crippen molar-refractivity contribution >= 4 is 0 Å². The predicted molar refractivity (Wildman–Crippen MR) is 67.7 cm³/mol. The van der Waals surface area contributed by atoms with E-state index < -0.39 is 18.2 Å². The van der Waals surface area contributed by atoms with E-state index in [1.165, 1.54) is 6.42 Å². The van der Waals surface area contributed by atoms with Crippen molar-refractivity contribution in [2.24, 2.45) is 11.8 Å². The highest BCUT2D eigenvalue weighted by Gasteiger charge is 2.44. The van der Waals surface area contributed by atoms with E-state index >= 15 is 0 Å². The molecule has 2 rings (SSSR count). The van der Waals surface area contributed by atoms with Gasteiger partial charge in [-0.3, -0.25) is 0 Å². The van der Waals surface area contributed by atoms with Gasteiger partial charge in [0.05, 0.1) is 0 Å². The molecule has 5 heteroatoms. The number of aliphatic hydroxyl groups is 1. The number of hydrogen-bond acceptors (Lipinski definition) is 2. The number of piperidine rings is 1. The van der Waals surface area contributed by atoms with Crippen LogP contribution in [0.1, 0.15) is 32.1 Å². The third-order valence-corrected chi connectivity index (χ3v) is 4.31. The summed E-state index contributed by atoms with van der Waals surface area (Å²) in [7, 11) is 0. The summed E-state index contributed by atoms with van der Waals surface area (Å²) >= 11 is 0. The van der Waals surface area contributed by atoms with Gasteiger partial charge in [-0.15, -0.1) is 0 Å². The molecular formula is C14H22F3NO. The lowest BCUT2D eigenvalue weighted by molar-refractivity contribution is -0.223. The first-order chi connectivity index (χ1) is 8.97. The molecule has 0 amide bonds. The lowest BCUT2D eigenvalue weighted by Gasteiger charge is -2.36. The standard InChI is InChI=1S/C14H22F3NO/c15-14(16,17)13(19)12-6-8-18(9-7-12)10-11-4-2-1-3-5-11/h1-2,11-13,19H,3-10H2. The maximum Gasteiger partial charge on any atom is 0.414 e. The van der Waals surface area contributed by atoms with Crippen LogP contribution in [0.2, 0.25) is 0 Å². The van der Waals surface area contributed by atoms with E-state index in [0.717, 1.165) is 19.4 Å². The molecule has 0 saturated carbocycles. The second-order valence-corrected chi connectivity index (χ2v) is 5.77. The monoisotopic (exact) mass is 277 g/mol. The van der Waals surface area contributed by atoms with Crippen LogP contribution in [-0.4, -0.2) is 41.9 Å². The molecule has 1 saturated heterocycles. The minimum Gasteiger partial charge on any atom is -0.383 e. The number of likely N-dealkylation sites (tertiary alicyclic amines) is 1. The molecule has 19 heavy (non-hydrogen) atoms. The van der Waals surface area contributed by atoms with Crippen molar-refractivity contribution in [1.82, 2.24) is 4.90 Å². The molecule has 1 N–H and O–H groups in total.